The van der Waals surface area contributed by atoms with E-state index < -0.39 is 6.04 Å². The first-order valence-electron chi connectivity index (χ1n) is 12.4. The van der Waals surface area contributed by atoms with Crippen molar-refractivity contribution in [2.45, 2.75) is 58.4 Å². The number of hydrogen-bond donors (Lipinski definition) is 4. The van der Waals surface area contributed by atoms with Gasteiger partial charge in [0.1, 0.15) is 11.8 Å². The molecule has 1 aromatic heterocycles. The maximum Gasteiger partial charge on any atom is 0.246 e. The van der Waals surface area contributed by atoms with Gasteiger partial charge >= 0.3 is 0 Å². The van der Waals surface area contributed by atoms with Gasteiger partial charge in [-0.2, -0.15) is 0 Å². The molecule has 3 amide bonds. The average Bonchev–Trinajstić information content (AvgIpc) is 3.18. The molecule has 0 aliphatic carbocycles. The number of nitrogens with one attached hydrogen (secondary N) is 4. The lowest BCUT2D eigenvalue weighted by Crippen LogP contribution is -2.44. The molecular formula is C28H36N4O5. The summed E-state index contributed by atoms with van der Waals surface area (Å²) in [5.41, 5.74) is 6.75. The summed E-state index contributed by atoms with van der Waals surface area (Å²) in [5.74, 6) is 0.0138. The Hall–Kier alpha value is -3.85. The number of aromatic nitrogens is 1. The predicted molar refractivity (Wildman–Crippen MR) is 143 cm³/mol. The van der Waals surface area contributed by atoms with Crippen LogP contribution in [-0.4, -0.2) is 43.0 Å². The van der Waals surface area contributed by atoms with E-state index in [1.807, 2.05) is 56.3 Å². The number of benzene rings is 2. The molecule has 1 atom stereocenters. The SMILES string of the molecule is CONC(=O)CCCCC[C@H](NC(=O)Cc1c(C)[nH]c2ccc(OC)cc12)C(=O)Nc1ccc(C)cc1. The van der Waals surface area contributed by atoms with Crippen molar-refractivity contribution in [1.29, 1.82) is 0 Å². The predicted octanol–water partition coefficient (Wildman–Crippen LogP) is 4.09. The van der Waals surface area contributed by atoms with Crippen molar-refractivity contribution in [3.05, 3.63) is 59.3 Å². The van der Waals surface area contributed by atoms with Crippen LogP contribution in [0.1, 0.15) is 48.9 Å². The molecule has 0 saturated heterocycles. The molecule has 0 radical (unpaired) electrons. The molecule has 0 fully saturated rings. The number of carbonyl (C=O) groups is 3. The lowest BCUT2D eigenvalue weighted by molar-refractivity contribution is -0.131. The summed E-state index contributed by atoms with van der Waals surface area (Å²) < 4.78 is 5.34. The highest BCUT2D eigenvalue weighted by Crippen LogP contribution is 2.27. The molecule has 9 heteroatoms. The summed E-state index contributed by atoms with van der Waals surface area (Å²) in [5, 5.41) is 6.76. The number of rotatable bonds is 13. The van der Waals surface area contributed by atoms with E-state index in [1.165, 1.54) is 7.11 Å². The molecule has 9 nitrogen and oxygen atoms in total. The average molecular weight is 509 g/mol. The zero-order chi connectivity index (χ0) is 26.8. The Kier molecular flexibility index (Phi) is 10.1. The van der Waals surface area contributed by atoms with Gasteiger partial charge in [-0.1, -0.05) is 30.5 Å². The fourth-order valence-corrected chi connectivity index (χ4v) is 4.23. The van der Waals surface area contributed by atoms with Crippen LogP contribution in [0.25, 0.3) is 10.9 Å². The standard InChI is InChI=1S/C28H36N4O5/c1-18-10-12-20(13-11-18)30-28(35)25(8-6-5-7-9-26(33)32-37-4)31-27(34)17-22-19(2)29-24-15-14-21(36-3)16-23(22)24/h10-16,25,29H,5-9,17H2,1-4H3,(H,30,35)(H,31,34)(H,32,33)/t25-/m0/s1. The van der Waals surface area contributed by atoms with Crippen LogP contribution in [0.3, 0.4) is 0 Å². The van der Waals surface area contributed by atoms with Crippen LogP contribution in [0.5, 0.6) is 5.75 Å². The van der Waals surface area contributed by atoms with E-state index in [-0.39, 0.29) is 24.1 Å². The monoisotopic (exact) mass is 508 g/mol. The first-order valence-corrected chi connectivity index (χ1v) is 12.4. The minimum Gasteiger partial charge on any atom is -0.497 e. The van der Waals surface area contributed by atoms with Gasteiger partial charge in [-0.05, 0) is 62.6 Å². The molecule has 0 unspecified atom stereocenters. The van der Waals surface area contributed by atoms with Gasteiger partial charge in [-0.25, -0.2) is 5.48 Å². The van der Waals surface area contributed by atoms with E-state index >= 15 is 0 Å². The number of unbranched alkanes of at least 4 members (excludes halogenated alkanes) is 2. The Morgan fingerprint density at radius 1 is 0.946 bits per heavy atom. The van der Waals surface area contributed by atoms with Crippen LogP contribution < -0.4 is 20.9 Å². The Balaban J connectivity index is 1.67. The van der Waals surface area contributed by atoms with Crippen molar-refractivity contribution in [2.75, 3.05) is 19.5 Å². The molecular weight excluding hydrogens is 472 g/mol. The largest absolute Gasteiger partial charge is 0.497 e. The molecule has 198 valence electrons. The van der Waals surface area contributed by atoms with Crippen molar-refractivity contribution < 1.29 is 24.0 Å². The Morgan fingerprint density at radius 2 is 1.70 bits per heavy atom. The molecule has 4 N–H and O–H groups in total. The molecule has 0 aliphatic heterocycles. The van der Waals surface area contributed by atoms with E-state index in [0.717, 1.165) is 34.1 Å². The minimum atomic E-state index is -0.707. The molecule has 0 spiro atoms. The first-order chi connectivity index (χ1) is 17.8. The van der Waals surface area contributed by atoms with Crippen LogP contribution in [0.2, 0.25) is 0 Å². The maximum absolute atomic E-state index is 13.1. The second-order valence-corrected chi connectivity index (χ2v) is 9.12. The maximum atomic E-state index is 13.1. The second-order valence-electron chi connectivity index (χ2n) is 9.12. The third kappa shape index (κ3) is 8.08. The third-order valence-electron chi connectivity index (χ3n) is 6.25. The first kappa shape index (κ1) is 27.7. The van der Waals surface area contributed by atoms with Gasteiger partial charge in [0, 0.05) is 28.7 Å². The fourth-order valence-electron chi connectivity index (χ4n) is 4.23. The molecule has 1 heterocycles. The molecule has 2 aromatic carbocycles. The number of hydrogen-bond acceptors (Lipinski definition) is 5. The number of aryl methyl sites for hydroxylation is 2. The quantitative estimate of drug-likeness (QED) is 0.205. The van der Waals surface area contributed by atoms with E-state index in [0.29, 0.717) is 37.1 Å². The normalized spacial score (nSPS) is 11.7. The van der Waals surface area contributed by atoms with E-state index in [1.54, 1.807) is 7.11 Å². The zero-order valence-electron chi connectivity index (χ0n) is 21.9. The number of methoxy groups -OCH3 is 1. The van der Waals surface area contributed by atoms with Gasteiger partial charge in [0.05, 0.1) is 20.6 Å². The smallest absolute Gasteiger partial charge is 0.246 e. The zero-order valence-corrected chi connectivity index (χ0v) is 21.9. The second kappa shape index (κ2) is 13.5. The van der Waals surface area contributed by atoms with Crippen LogP contribution in [0.4, 0.5) is 5.69 Å². The van der Waals surface area contributed by atoms with Crippen molar-refractivity contribution in [3.8, 4) is 5.75 Å². The van der Waals surface area contributed by atoms with Crippen molar-refractivity contribution in [1.82, 2.24) is 15.8 Å². The lowest BCUT2D eigenvalue weighted by Gasteiger charge is -2.19. The Bertz CT molecular complexity index is 1220. The number of fused-ring (bicyclic) bond motifs is 1. The van der Waals surface area contributed by atoms with Gasteiger partial charge in [0.2, 0.25) is 17.7 Å². The lowest BCUT2D eigenvalue weighted by atomic mass is 10.0. The molecule has 0 saturated carbocycles. The van der Waals surface area contributed by atoms with Crippen LogP contribution in [0.15, 0.2) is 42.5 Å². The summed E-state index contributed by atoms with van der Waals surface area (Å²) in [6.07, 6.45) is 2.99. The van der Waals surface area contributed by atoms with Gasteiger partial charge in [0.25, 0.3) is 0 Å². The van der Waals surface area contributed by atoms with Crippen molar-refractivity contribution in [3.63, 3.8) is 0 Å². The van der Waals surface area contributed by atoms with Crippen LogP contribution >= 0.6 is 0 Å². The molecule has 0 aliphatic rings. The number of aromatic amines is 1. The molecule has 0 bridgehead atoms. The van der Waals surface area contributed by atoms with Crippen molar-refractivity contribution >= 4 is 34.3 Å². The number of anilines is 1. The number of hydroxylamine groups is 1. The van der Waals surface area contributed by atoms with E-state index in [2.05, 4.69) is 25.9 Å². The number of ether oxygens (including phenoxy) is 1. The molecule has 37 heavy (non-hydrogen) atoms. The van der Waals surface area contributed by atoms with E-state index in [9.17, 15) is 14.4 Å². The highest BCUT2D eigenvalue weighted by atomic mass is 16.6. The molecule has 3 aromatic rings. The van der Waals surface area contributed by atoms with E-state index in [4.69, 9.17) is 4.74 Å². The van der Waals surface area contributed by atoms with Gasteiger partial charge in [-0.3, -0.25) is 19.2 Å². The molecule has 3 rings (SSSR count). The topological polar surface area (TPSA) is 122 Å². The third-order valence-corrected chi connectivity index (χ3v) is 6.25. The van der Waals surface area contributed by atoms with Gasteiger partial charge < -0.3 is 20.4 Å². The fraction of sp³-hybridized carbons (Fsp3) is 0.393. The van der Waals surface area contributed by atoms with Crippen LogP contribution in [0, 0.1) is 13.8 Å². The summed E-state index contributed by atoms with van der Waals surface area (Å²) in [7, 11) is 3.00. The van der Waals surface area contributed by atoms with Gasteiger partial charge in [-0.15, -0.1) is 0 Å². The highest BCUT2D eigenvalue weighted by molar-refractivity contribution is 5.98. The number of H-pyrrole nitrogens is 1. The van der Waals surface area contributed by atoms with Crippen molar-refractivity contribution in [2.24, 2.45) is 0 Å². The summed E-state index contributed by atoms with van der Waals surface area (Å²) >= 11 is 0. The summed E-state index contributed by atoms with van der Waals surface area (Å²) in [6, 6.07) is 12.5. The summed E-state index contributed by atoms with van der Waals surface area (Å²) in [6.45, 7) is 3.90. The Morgan fingerprint density at radius 3 is 2.41 bits per heavy atom. The highest BCUT2D eigenvalue weighted by Gasteiger charge is 2.22. The minimum absolute atomic E-state index is 0.129. The number of amides is 3. The van der Waals surface area contributed by atoms with Crippen LogP contribution in [-0.2, 0) is 25.6 Å². The van der Waals surface area contributed by atoms with Gasteiger partial charge in [0.15, 0.2) is 0 Å². The number of carbonyl (C=O) groups excluding carboxylic acids is 3. The summed E-state index contributed by atoms with van der Waals surface area (Å²) in [4.78, 5) is 45.7. The Labute approximate surface area is 217 Å².